The standard InChI is InChI=1S/C25H24ClN3O4S2/c1-18-5-11-24(12-6-18)35(31,32)29(21-4-2-3-20(26)13-21)15-25(30)28-27-14-19-7-9-22(10-8-19)33-23-16-34-17-23/h2-14,23H,15-17H2,1H3,(H,28,30)/b27-14-. The van der Waals surface area contributed by atoms with Gasteiger partial charge >= 0.3 is 0 Å². The predicted molar refractivity (Wildman–Crippen MR) is 141 cm³/mol. The molecule has 0 saturated carbocycles. The van der Waals surface area contributed by atoms with Gasteiger partial charge in [0.05, 0.1) is 16.8 Å². The molecule has 1 aliphatic heterocycles. The average molecular weight is 530 g/mol. The number of aryl methyl sites for hydroxylation is 1. The molecule has 182 valence electrons. The van der Waals surface area contributed by atoms with Crippen LogP contribution >= 0.6 is 23.4 Å². The van der Waals surface area contributed by atoms with Gasteiger partial charge in [0.25, 0.3) is 15.9 Å². The number of rotatable bonds is 9. The quantitative estimate of drug-likeness (QED) is 0.326. The second kappa shape index (κ2) is 11.2. The molecule has 35 heavy (non-hydrogen) atoms. The van der Waals surface area contributed by atoms with Crippen molar-refractivity contribution in [1.82, 2.24) is 5.43 Å². The summed E-state index contributed by atoms with van der Waals surface area (Å²) in [6, 6.07) is 20.1. The largest absolute Gasteiger partial charge is 0.489 e. The normalized spacial score (nSPS) is 13.9. The smallest absolute Gasteiger partial charge is 0.264 e. The van der Waals surface area contributed by atoms with Crippen LogP contribution < -0.4 is 14.5 Å². The Morgan fingerprint density at radius 1 is 1.14 bits per heavy atom. The summed E-state index contributed by atoms with van der Waals surface area (Å²) in [5, 5.41) is 4.33. The number of nitrogens with zero attached hydrogens (tertiary/aromatic N) is 2. The number of amides is 1. The molecule has 0 aromatic heterocycles. The van der Waals surface area contributed by atoms with Gasteiger partial charge in [-0.1, -0.05) is 35.4 Å². The highest BCUT2D eigenvalue weighted by molar-refractivity contribution is 8.00. The molecule has 0 unspecified atom stereocenters. The molecule has 7 nitrogen and oxygen atoms in total. The number of thioether (sulfide) groups is 1. The molecule has 0 spiro atoms. The Bertz CT molecular complexity index is 1310. The van der Waals surface area contributed by atoms with E-state index in [0.29, 0.717) is 5.02 Å². The van der Waals surface area contributed by atoms with E-state index >= 15 is 0 Å². The number of hydrazone groups is 1. The van der Waals surface area contributed by atoms with Crippen molar-refractivity contribution in [3.63, 3.8) is 0 Å². The van der Waals surface area contributed by atoms with Gasteiger partial charge < -0.3 is 4.74 Å². The van der Waals surface area contributed by atoms with Crippen LogP contribution in [0.15, 0.2) is 82.8 Å². The summed E-state index contributed by atoms with van der Waals surface area (Å²) >= 11 is 7.94. The molecule has 0 atom stereocenters. The Balaban J connectivity index is 1.45. The highest BCUT2D eigenvalue weighted by Crippen LogP contribution is 2.26. The molecule has 10 heteroatoms. The van der Waals surface area contributed by atoms with Crippen molar-refractivity contribution in [1.29, 1.82) is 0 Å². The van der Waals surface area contributed by atoms with Crippen LogP contribution in [0.1, 0.15) is 11.1 Å². The Hall–Kier alpha value is -3.01. The predicted octanol–water partition coefficient (Wildman–Crippen LogP) is 4.49. The van der Waals surface area contributed by atoms with Gasteiger partial charge in [0.15, 0.2) is 0 Å². The molecule has 1 heterocycles. The zero-order valence-corrected chi connectivity index (χ0v) is 21.3. The fourth-order valence-electron chi connectivity index (χ4n) is 3.24. The minimum Gasteiger partial charge on any atom is -0.489 e. The number of benzene rings is 3. The van der Waals surface area contributed by atoms with Crippen LogP contribution in [0.5, 0.6) is 5.75 Å². The van der Waals surface area contributed by atoms with E-state index in [4.69, 9.17) is 16.3 Å². The van der Waals surface area contributed by atoms with Gasteiger partial charge in [0.1, 0.15) is 18.4 Å². The molecule has 1 N–H and O–H groups in total. The first-order valence-corrected chi connectivity index (χ1v) is 13.8. The molecule has 3 aromatic carbocycles. The molecule has 1 saturated heterocycles. The van der Waals surface area contributed by atoms with E-state index in [0.717, 1.165) is 32.7 Å². The van der Waals surface area contributed by atoms with Crippen molar-refractivity contribution < 1.29 is 17.9 Å². The van der Waals surface area contributed by atoms with E-state index in [-0.39, 0.29) is 16.7 Å². The summed E-state index contributed by atoms with van der Waals surface area (Å²) in [5.41, 5.74) is 4.36. The van der Waals surface area contributed by atoms with Gasteiger partial charge in [0.2, 0.25) is 0 Å². The first-order chi connectivity index (χ1) is 16.8. The summed E-state index contributed by atoms with van der Waals surface area (Å²) in [7, 11) is -4.03. The molecule has 4 rings (SSSR count). The molecule has 1 amide bonds. The number of hydrogen-bond acceptors (Lipinski definition) is 6. The fourth-order valence-corrected chi connectivity index (χ4v) is 5.40. The third-order valence-corrected chi connectivity index (χ3v) is 8.42. The highest BCUT2D eigenvalue weighted by atomic mass is 35.5. The third kappa shape index (κ3) is 6.56. The number of nitrogens with one attached hydrogen (secondary N) is 1. The van der Waals surface area contributed by atoms with Crippen molar-refractivity contribution in [3.8, 4) is 5.75 Å². The van der Waals surface area contributed by atoms with E-state index in [9.17, 15) is 13.2 Å². The Morgan fingerprint density at radius 2 is 1.86 bits per heavy atom. The van der Waals surface area contributed by atoms with Crippen LogP contribution in [0, 0.1) is 6.92 Å². The Labute approximate surface area is 214 Å². The molecule has 0 radical (unpaired) electrons. The van der Waals surface area contributed by atoms with E-state index in [1.807, 2.05) is 43.0 Å². The molecule has 3 aromatic rings. The van der Waals surface area contributed by atoms with Gasteiger partial charge in [-0.15, -0.1) is 0 Å². The lowest BCUT2D eigenvalue weighted by atomic mass is 10.2. The van der Waals surface area contributed by atoms with Crippen molar-refractivity contribution in [2.75, 3.05) is 22.4 Å². The highest BCUT2D eigenvalue weighted by Gasteiger charge is 2.27. The summed E-state index contributed by atoms with van der Waals surface area (Å²) in [4.78, 5) is 12.7. The third-order valence-electron chi connectivity index (χ3n) is 5.19. The summed E-state index contributed by atoms with van der Waals surface area (Å²) in [5.74, 6) is 2.19. The van der Waals surface area contributed by atoms with Crippen molar-refractivity contribution in [2.24, 2.45) is 5.10 Å². The number of anilines is 1. The van der Waals surface area contributed by atoms with Gasteiger partial charge in [-0.25, -0.2) is 13.8 Å². The zero-order chi connectivity index (χ0) is 24.8. The topological polar surface area (TPSA) is 88.1 Å². The Kier molecular flexibility index (Phi) is 8.00. The van der Waals surface area contributed by atoms with Crippen LogP contribution in [0.2, 0.25) is 5.02 Å². The van der Waals surface area contributed by atoms with Crippen LogP contribution in [-0.2, 0) is 14.8 Å². The number of sulfonamides is 1. The van der Waals surface area contributed by atoms with E-state index in [1.54, 1.807) is 30.3 Å². The number of carbonyl (C=O) groups is 1. The lowest BCUT2D eigenvalue weighted by molar-refractivity contribution is -0.119. The minimum absolute atomic E-state index is 0.0715. The summed E-state index contributed by atoms with van der Waals surface area (Å²) in [6.07, 6.45) is 1.75. The molecule has 0 aliphatic carbocycles. The van der Waals surface area contributed by atoms with Crippen LogP contribution in [0.25, 0.3) is 0 Å². The minimum atomic E-state index is -4.03. The first-order valence-electron chi connectivity index (χ1n) is 10.8. The average Bonchev–Trinajstić information content (AvgIpc) is 2.81. The molecule has 0 bridgehead atoms. The Morgan fingerprint density at radius 3 is 2.49 bits per heavy atom. The lowest BCUT2D eigenvalue weighted by Crippen LogP contribution is -2.39. The molecule has 1 fully saturated rings. The van der Waals surface area contributed by atoms with Gasteiger partial charge in [0, 0.05) is 16.5 Å². The van der Waals surface area contributed by atoms with E-state index in [1.165, 1.54) is 24.4 Å². The number of carbonyl (C=O) groups excluding carboxylic acids is 1. The van der Waals surface area contributed by atoms with E-state index < -0.39 is 22.5 Å². The van der Waals surface area contributed by atoms with Crippen molar-refractivity contribution in [3.05, 3.63) is 88.9 Å². The van der Waals surface area contributed by atoms with Crippen LogP contribution in [-0.4, -0.2) is 44.7 Å². The molecule has 1 aliphatic rings. The fraction of sp³-hybridized carbons (Fsp3) is 0.200. The maximum absolute atomic E-state index is 13.4. The first kappa shape index (κ1) is 25.1. The molecular weight excluding hydrogens is 506 g/mol. The lowest BCUT2D eigenvalue weighted by Gasteiger charge is -2.25. The monoisotopic (exact) mass is 529 g/mol. The van der Waals surface area contributed by atoms with Crippen LogP contribution in [0.4, 0.5) is 5.69 Å². The second-order valence-electron chi connectivity index (χ2n) is 7.94. The SMILES string of the molecule is Cc1ccc(S(=O)(=O)N(CC(=O)N/N=C\c2ccc(OC3CSC3)cc2)c2cccc(Cl)c2)cc1. The van der Waals surface area contributed by atoms with E-state index in [2.05, 4.69) is 10.5 Å². The van der Waals surface area contributed by atoms with Crippen molar-refractivity contribution in [2.45, 2.75) is 17.9 Å². The summed E-state index contributed by atoms with van der Waals surface area (Å²) < 4.78 is 33.6. The van der Waals surface area contributed by atoms with Gasteiger partial charge in [-0.3, -0.25) is 9.10 Å². The van der Waals surface area contributed by atoms with Gasteiger partial charge in [-0.05, 0) is 67.1 Å². The molecular formula is C25H24ClN3O4S2. The maximum Gasteiger partial charge on any atom is 0.264 e. The zero-order valence-electron chi connectivity index (χ0n) is 18.9. The number of halogens is 1. The number of ether oxygens (including phenoxy) is 1. The summed E-state index contributed by atoms with van der Waals surface area (Å²) in [6.45, 7) is 1.39. The maximum atomic E-state index is 13.4. The number of hydrogen-bond donors (Lipinski definition) is 1. The second-order valence-corrected chi connectivity index (χ2v) is 11.3. The van der Waals surface area contributed by atoms with Crippen molar-refractivity contribution >= 4 is 51.2 Å². The van der Waals surface area contributed by atoms with Gasteiger partial charge in [-0.2, -0.15) is 16.9 Å². The van der Waals surface area contributed by atoms with Crippen LogP contribution in [0.3, 0.4) is 0 Å².